The lowest BCUT2D eigenvalue weighted by molar-refractivity contribution is -0.870. The van der Waals surface area contributed by atoms with Gasteiger partial charge in [0, 0.05) is 12.8 Å². The number of rotatable bonds is 40. The molecule has 59 heavy (non-hydrogen) atoms. The number of carbonyl (C=O) groups is 2. The maximum absolute atomic E-state index is 12.8. The summed E-state index contributed by atoms with van der Waals surface area (Å²) in [6, 6.07) is 0. The maximum atomic E-state index is 12.8. The van der Waals surface area contributed by atoms with Gasteiger partial charge in [-0.15, -0.1) is 0 Å². The van der Waals surface area contributed by atoms with Gasteiger partial charge in [-0.05, 0) is 52.4 Å². The van der Waals surface area contributed by atoms with E-state index in [1.54, 1.807) is 0 Å². The molecule has 0 spiro atoms. The Morgan fingerprint density at radius 2 is 1.12 bits per heavy atom. The van der Waals surface area contributed by atoms with Gasteiger partial charge in [0.2, 0.25) is 0 Å². The molecule has 0 bridgehead atoms. The molecule has 1 N–H and O–H groups in total. The predicted molar refractivity (Wildman–Crippen MR) is 235 cm³/mol. The molecule has 1 heterocycles. The molecule has 0 radical (unpaired) electrons. The van der Waals surface area contributed by atoms with E-state index in [0.717, 1.165) is 83.5 Å². The van der Waals surface area contributed by atoms with E-state index in [-0.39, 0.29) is 31.6 Å². The van der Waals surface area contributed by atoms with Crippen LogP contribution in [0.5, 0.6) is 0 Å². The van der Waals surface area contributed by atoms with Crippen LogP contribution in [0.3, 0.4) is 0 Å². The van der Waals surface area contributed by atoms with Gasteiger partial charge in [-0.2, -0.15) is 5.06 Å². The van der Waals surface area contributed by atoms with Crippen LogP contribution in [0, 0.1) is 0 Å². The van der Waals surface area contributed by atoms with E-state index in [2.05, 4.69) is 13.8 Å². The summed E-state index contributed by atoms with van der Waals surface area (Å²) in [6.07, 6.45) is 29.6. The molecule has 1 aliphatic rings. The van der Waals surface area contributed by atoms with Gasteiger partial charge < -0.3 is 37.8 Å². The van der Waals surface area contributed by atoms with E-state index in [9.17, 15) is 24.3 Å². The van der Waals surface area contributed by atoms with Crippen molar-refractivity contribution < 1.29 is 52.0 Å². The summed E-state index contributed by atoms with van der Waals surface area (Å²) in [6.45, 7) is 8.71. The van der Waals surface area contributed by atoms with E-state index in [1.165, 1.54) is 88.5 Å². The molecule has 0 saturated carbocycles. The number of unbranched alkanes of at least 4 members (excludes halogenated alkanes) is 22. The SMILES string of the molecule is CCCCCCCCCCCCCCCC(=O)OC[C@H](COP(=O)([O-])OCC[N+](C)(C)C)OC(=O)CCCCCCCCCCCCC1(CCCC)OCC(C)(C)N1O. The summed E-state index contributed by atoms with van der Waals surface area (Å²) in [5.41, 5.74) is -0.889. The fraction of sp³-hybridized carbons (Fsp3) is 0.957. The number of hydrogen-bond acceptors (Lipinski definition) is 11. The first-order valence-electron chi connectivity index (χ1n) is 23.9. The van der Waals surface area contributed by atoms with Crippen LogP contribution in [0.25, 0.3) is 0 Å². The number of phosphoric ester groups is 1. The number of hydrogen-bond donors (Lipinski definition) is 1. The van der Waals surface area contributed by atoms with Crippen LogP contribution >= 0.6 is 7.82 Å². The highest BCUT2D eigenvalue weighted by molar-refractivity contribution is 7.45. The summed E-state index contributed by atoms with van der Waals surface area (Å²) >= 11 is 0. The van der Waals surface area contributed by atoms with Gasteiger partial charge in [0.05, 0.1) is 39.9 Å². The zero-order valence-corrected chi connectivity index (χ0v) is 40.0. The molecule has 0 aromatic rings. The summed E-state index contributed by atoms with van der Waals surface area (Å²) in [5, 5.41) is 12.4. The topological polar surface area (TPSA) is 144 Å². The average molecular weight is 863 g/mol. The molecular weight excluding hydrogens is 771 g/mol. The summed E-state index contributed by atoms with van der Waals surface area (Å²) in [4.78, 5) is 37.7. The average Bonchev–Trinajstić information content (AvgIpc) is 3.40. The van der Waals surface area contributed by atoms with Crippen molar-refractivity contribution in [2.24, 2.45) is 0 Å². The van der Waals surface area contributed by atoms with Crippen LogP contribution in [-0.4, -0.2) is 98.2 Å². The molecule has 3 atom stereocenters. The fourth-order valence-electron chi connectivity index (χ4n) is 7.55. The predicted octanol–water partition coefficient (Wildman–Crippen LogP) is 11.2. The molecule has 1 fully saturated rings. The van der Waals surface area contributed by atoms with Crippen molar-refractivity contribution in [3.05, 3.63) is 0 Å². The van der Waals surface area contributed by atoms with Gasteiger partial charge in [0.25, 0.3) is 7.82 Å². The number of phosphoric acid groups is 1. The Bertz CT molecular complexity index is 1120. The Morgan fingerprint density at radius 3 is 1.58 bits per heavy atom. The third-order valence-electron chi connectivity index (χ3n) is 11.4. The Balaban J connectivity index is 2.32. The van der Waals surface area contributed by atoms with Crippen LogP contribution in [-0.2, 0) is 37.4 Å². The Labute approximate surface area is 361 Å². The molecule has 1 rings (SSSR count). The smallest absolute Gasteiger partial charge is 0.306 e. The second-order valence-electron chi connectivity index (χ2n) is 18.9. The van der Waals surface area contributed by atoms with E-state index < -0.39 is 38.2 Å². The Hall–Kier alpha value is -1.11. The molecule has 350 valence electrons. The second kappa shape index (κ2) is 32.5. The zero-order chi connectivity index (χ0) is 43.9. The molecular formula is C46H91N2O10P. The molecule has 12 nitrogen and oxygen atoms in total. The number of likely N-dealkylation sites (N-methyl/N-ethyl adjacent to an activating group) is 1. The number of ether oxygens (including phenoxy) is 3. The van der Waals surface area contributed by atoms with Crippen molar-refractivity contribution in [1.29, 1.82) is 0 Å². The van der Waals surface area contributed by atoms with E-state index in [4.69, 9.17) is 23.3 Å². The third-order valence-corrected chi connectivity index (χ3v) is 12.4. The van der Waals surface area contributed by atoms with Crippen molar-refractivity contribution in [3.63, 3.8) is 0 Å². The number of carbonyl (C=O) groups excluding carboxylic acids is 2. The highest BCUT2D eigenvalue weighted by atomic mass is 31.2. The Kier molecular flexibility index (Phi) is 30.8. The minimum atomic E-state index is -4.64. The van der Waals surface area contributed by atoms with Crippen molar-refractivity contribution in [3.8, 4) is 0 Å². The van der Waals surface area contributed by atoms with Crippen molar-refractivity contribution in [2.45, 2.75) is 231 Å². The van der Waals surface area contributed by atoms with Crippen LogP contribution in [0.1, 0.15) is 214 Å². The molecule has 0 aromatic carbocycles. The van der Waals surface area contributed by atoms with Gasteiger partial charge in [-0.1, -0.05) is 149 Å². The molecule has 0 amide bonds. The largest absolute Gasteiger partial charge is 0.756 e. The molecule has 13 heteroatoms. The maximum Gasteiger partial charge on any atom is 0.306 e. The van der Waals surface area contributed by atoms with Gasteiger partial charge in [-0.25, -0.2) is 0 Å². The van der Waals surface area contributed by atoms with Gasteiger partial charge in [0.15, 0.2) is 6.10 Å². The lowest BCUT2D eigenvalue weighted by Gasteiger charge is -2.37. The first-order valence-corrected chi connectivity index (χ1v) is 25.4. The van der Waals surface area contributed by atoms with Crippen LogP contribution in [0.4, 0.5) is 0 Å². The summed E-state index contributed by atoms with van der Waals surface area (Å²) < 4.78 is 40.2. The lowest BCUT2D eigenvalue weighted by atomic mass is 9.95. The minimum Gasteiger partial charge on any atom is -0.756 e. The zero-order valence-electron chi connectivity index (χ0n) is 39.1. The third kappa shape index (κ3) is 29.0. The second-order valence-corrected chi connectivity index (χ2v) is 20.3. The monoisotopic (exact) mass is 863 g/mol. The van der Waals surface area contributed by atoms with Crippen molar-refractivity contribution in [1.82, 2.24) is 5.06 Å². The van der Waals surface area contributed by atoms with Gasteiger partial charge in [0.1, 0.15) is 25.5 Å². The fourth-order valence-corrected chi connectivity index (χ4v) is 8.28. The minimum absolute atomic E-state index is 0.0401. The van der Waals surface area contributed by atoms with Crippen molar-refractivity contribution >= 4 is 19.8 Å². The van der Waals surface area contributed by atoms with Gasteiger partial charge in [-0.3, -0.25) is 14.2 Å². The molecule has 2 unspecified atom stereocenters. The van der Waals surface area contributed by atoms with Crippen LogP contribution in [0.2, 0.25) is 0 Å². The highest BCUT2D eigenvalue weighted by Gasteiger charge is 2.50. The first-order chi connectivity index (χ1) is 28.1. The van der Waals surface area contributed by atoms with Crippen LogP contribution < -0.4 is 4.89 Å². The standard InChI is InChI=1S/C46H91N2O10P/c1-8-10-12-13-14-15-16-17-18-21-24-27-30-33-43(49)54-39-42(40-57-59(52,53)56-38-37-48(5,6)7)58-44(50)34-31-28-25-22-19-20-23-26-29-32-36-46(35-11-9-2)47(51)45(3,4)41-55-46/h42,51H,8-41H2,1-7H3/t42-,46?/m1/s1. The van der Waals surface area contributed by atoms with E-state index in [1.807, 2.05) is 35.0 Å². The lowest BCUT2D eigenvalue weighted by Crippen LogP contribution is -2.50. The summed E-state index contributed by atoms with van der Waals surface area (Å²) in [5.74, 6) is -0.861. The van der Waals surface area contributed by atoms with Crippen LogP contribution in [0.15, 0.2) is 0 Å². The van der Waals surface area contributed by atoms with Crippen molar-refractivity contribution in [2.75, 3.05) is 54.1 Å². The normalized spacial score (nSPS) is 18.5. The van der Waals surface area contributed by atoms with Gasteiger partial charge >= 0.3 is 11.9 Å². The number of esters is 2. The van der Waals surface area contributed by atoms with E-state index >= 15 is 0 Å². The summed E-state index contributed by atoms with van der Waals surface area (Å²) in [7, 11) is 1.13. The molecule has 1 saturated heterocycles. The quantitative estimate of drug-likeness (QED) is 0.0272. The molecule has 0 aromatic heterocycles. The Morgan fingerprint density at radius 1 is 0.678 bits per heavy atom. The highest BCUT2D eigenvalue weighted by Crippen LogP contribution is 2.40. The number of nitrogens with zero attached hydrogens (tertiary/aromatic N) is 2. The van der Waals surface area contributed by atoms with E-state index in [0.29, 0.717) is 24.1 Å². The first kappa shape index (κ1) is 55.9. The number of quaternary nitrogens is 1. The molecule has 1 aliphatic heterocycles. The molecule has 0 aliphatic carbocycles. The number of hydroxylamine groups is 2.